The number of methoxy groups -OCH3 is 1. The van der Waals surface area contributed by atoms with Crippen LogP contribution in [0.15, 0.2) is 18.3 Å². The van der Waals surface area contributed by atoms with Crippen molar-refractivity contribution in [2.75, 3.05) is 30.0 Å². The van der Waals surface area contributed by atoms with Gasteiger partial charge in [0, 0.05) is 18.2 Å². The number of urea groups is 1. The number of anilines is 3. The highest BCUT2D eigenvalue weighted by molar-refractivity contribution is 5.93. The molecule has 2 amide bonds. The topological polar surface area (TPSA) is 143 Å². The molecule has 9 nitrogen and oxygen atoms in total. The van der Waals surface area contributed by atoms with E-state index in [1.54, 1.807) is 6.07 Å². The molecule has 1 aromatic carbocycles. The molecule has 0 aliphatic heterocycles. The van der Waals surface area contributed by atoms with Gasteiger partial charge in [0.2, 0.25) is 5.95 Å². The van der Waals surface area contributed by atoms with E-state index in [1.165, 1.54) is 18.2 Å². The Balaban J connectivity index is 2.60. The van der Waals surface area contributed by atoms with E-state index in [-0.39, 0.29) is 23.4 Å². The molecule has 1 aromatic heterocycles. The van der Waals surface area contributed by atoms with Gasteiger partial charge in [-0.1, -0.05) is 13.8 Å². The first-order valence-corrected chi connectivity index (χ1v) is 8.13. The Bertz CT molecular complexity index is 809. The number of nitrogen functional groups attached to an aromatic ring is 2. The Hall–Kier alpha value is -3.23. The molecule has 0 fully saturated rings. The summed E-state index contributed by atoms with van der Waals surface area (Å²) in [5.74, 6) is 1.57. The molecule has 26 heavy (non-hydrogen) atoms. The van der Waals surface area contributed by atoms with Crippen LogP contribution in [0.5, 0.6) is 17.2 Å². The quantitative estimate of drug-likeness (QED) is 0.718. The molecule has 1 heterocycles. The van der Waals surface area contributed by atoms with E-state index in [4.69, 9.17) is 26.7 Å². The van der Waals surface area contributed by atoms with Crippen molar-refractivity contribution < 1.29 is 14.3 Å². The highest BCUT2D eigenvalue weighted by Crippen LogP contribution is 2.41. The molecular formula is C17H24N6O3. The largest absolute Gasteiger partial charge is 0.495 e. The highest BCUT2D eigenvalue weighted by atomic mass is 16.5. The smallest absolute Gasteiger partial charge is 0.319 e. The lowest BCUT2D eigenvalue weighted by atomic mass is 10.0. The van der Waals surface area contributed by atoms with E-state index in [1.807, 2.05) is 26.8 Å². The molecule has 0 aliphatic rings. The molecule has 2 rings (SSSR count). The van der Waals surface area contributed by atoms with Crippen LogP contribution >= 0.6 is 0 Å². The number of aromatic nitrogens is 2. The van der Waals surface area contributed by atoms with Crippen molar-refractivity contribution in [3.63, 3.8) is 0 Å². The lowest BCUT2D eigenvalue weighted by Gasteiger charge is -2.24. The maximum absolute atomic E-state index is 11.8. The summed E-state index contributed by atoms with van der Waals surface area (Å²) in [6.45, 7) is 6.21. The van der Waals surface area contributed by atoms with E-state index >= 15 is 0 Å². The molecule has 140 valence electrons. The lowest BCUT2D eigenvalue weighted by molar-refractivity contribution is 0.254. The third-order valence-corrected chi connectivity index (χ3v) is 3.83. The summed E-state index contributed by atoms with van der Waals surface area (Å²) in [5, 5.41) is 0. The van der Waals surface area contributed by atoms with E-state index in [2.05, 4.69) is 9.97 Å². The zero-order valence-electron chi connectivity index (χ0n) is 15.3. The van der Waals surface area contributed by atoms with Gasteiger partial charge in [-0.15, -0.1) is 0 Å². The van der Waals surface area contributed by atoms with Crippen LogP contribution in [0.1, 0.15) is 32.3 Å². The summed E-state index contributed by atoms with van der Waals surface area (Å²) in [7, 11) is 1.53. The van der Waals surface area contributed by atoms with Gasteiger partial charge in [0.05, 0.1) is 19.0 Å². The van der Waals surface area contributed by atoms with Crippen molar-refractivity contribution in [1.29, 1.82) is 0 Å². The molecule has 2 aromatic rings. The third-order valence-electron chi connectivity index (χ3n) is 3.83. The minimum Gasteiger partial charge on any atom is -0.495 e. The minimum atomic E-state index is -0.593. The number of amides is 2. The number of benzene rings is 1. The Labute approximate surface area is 152 Å². The summed E-state index contributed by atoms with van der Waals surface area (Å²) in [6, 6.07) is 2.91. The van der Waals surface area contributed by atoms with Gasteiger partial charge in [-0.3, -0.25) is 4.90 Å². The van der Waals surface area contributed by atoms with E-state index < -0.39 is 6.03 Å². The summed E-state index contributed by atoms with van der Waals surface area (Å²) in [5.41, 5.74) is 18.2. The molecule has 0 spiro atoms. The Morgan fingerprint density at radius 1 is 1.23 bits per heavy atom. The summed E-state index contributed by atoms with van der Waals surface area (Å²) in [6.07, 6.45) is 1.40. The van der Waals surface area contributed by atoms with Crippen LogP contribution < -0.4 is 31.6 Å². The van der Waals surface area contributed by atoms with E-state index in [0.717, 1.165) is 5.56 Å². The monoisotopic (exact) mass is 360 g/mol. The molecule has 0 aliphatic carbocycles. The zero-order valence-corrected chi connectivity index (χ0v) is 15.3. The number of nitrogens with two attached hydrogens (primary N) is 3. The number of primary amides is 1. The summed E-state index contributed by atoms with van der Waals surface area (Å²) >= 11 is 0. The predicted molar refractivity (Wildman–Crippen MR) is 101 cm³/mol. The second-order valence-electron chi connectivity index (χ2n) is 5.88. The van der Waals surface area contributed by atoms with E-state index in [0.29, 0.717) is 23.7 Å². The average molecular weight is 360 g/mol. The number of nitrogens with zero attached hydrogens (tertiary/aromatic N) is 3. The van der Waals surface area contributed by atoms with Crippen molar-refractivity contribution in [3.05, 3.63) is 23.9 Å². The molecule has 6 N–H and O–H groups in total. The van der Waals surface area contributed by atoms with Gasteiger partial charge in [-0.2, -0.15) is 4.98 Å². The van der Waals surface area contributed by atoms with Gasteiger partial charge in [-0.05, 0) is 18.9 Å². The number of ether oxygens (including phenoxy) is 2. The van der Waals surface area contributed by atoms with Crippen LogP contribution in [-0.2, 0) is 0 Å². The predicted octanol–water partition coefficient (Wildman–Crippen LogP) is 2.47. The van der Waals surface area contributed by atoms with Gasteiger partial charge in [0.15, 0.2) is 11.6 Å². The first kappa shape index (κ1) is 19.1. The average Bonchev–Trinajstić information content (AvgIpc) is 2.57. The fourth-order valence-electron chi connectivity index (χ4n) is 2.52. The first-order valence-electron chi connectivity index (χ1n) is 8.13. The molecule has 0 saturated carbocycles. The number of rotatable bonds is 6. The van der Waals surface area contributed by atoms with Crippen molar-refractivity contribution >= 4 is 23.5 Å². The molecule has 9 heteroatoms. The molecule has 0 saturated heterocycles. The third kappa shape index (κ3) is 3.88. The van der Waals surface area contributed by atoms with Crippen molar-refractivity contribution in [2.24, 2.45) is 5.73 Å². The van der Waals surface area contributed by atoms with Crippen LogP contribution in [0.2, 0.25) is 0 Å². The standard InChI is InChI=1S/C17H24N6O3/c1-5-23(17(20)24)11-7-12(10(9(2)3)6-13(11)25-4)26-14-8-21-16(19)22-15(14)18/h6-9H,5H2,1-4H3,(H2,20,24)(H4,18,19,21,22). The van der Waals surface area contributed by atoms with Crippen LogP contribution in [-0.4, -0.2) is 29.7 Å². The normalized spacial score (nSPS) is 10.7. The fourth-order valence-corrected chi connectivity index (χ4v) is 2.52. The van der Waals surface area contributed by atoms with Gasteiger partial charge < -0.3 is 26.7 Å². The van der Waals surface area contributed by atoms with Crippen LogP contribution in [0.4, 0.5) is 22.2 Å². The number of carbonyl (C=O) groups excluding carboxylic acids is 1. The zero-order chi connectivity index (χ0) is 19.4. The van der Waals surface area contributed by atoms with E-state index in [9.17, 15) is 4.79 Å². The highest BCUT2D eigenvalue weighted by Gasteiger charge is 2.21. The second kappa shape index (κ2) is 7.77. The number of hydrogen-bond acceptors (Lipinski definition) is 7. The van der Waals surface area contributed by atoms with Crippen LogP contribution in [0.3, 0.4) is 0 Å². The Kier molecular flexibility index (Phi) is 5.71. The molecular weight excluding hydrogens is 336 g/mol. The first-order chi connectivity index (χ1) is 12.3. The van der Waals surface area contributed by atoms with Crippen molar-refractivity contribution in [1.82, 2.24) is 9.97 Å². The van der Waals surface area contributed by atoms with Crippen LogP contribution in [0.25, 0.3) is 0 Å². The number of carbonyl (C=O) groups is 1. The lowest BCUT2D eigenvalue weighted by Crippen LogP contribution is -2.35. The van der Waals surface area contributed by atoms with Gasteiger partial charge >= 0.3 is 6.03 Å². The SMILES string of the molecule is CCN(C(N)=O)c1cc(Oc2cnc(N)nc2N)c(C(C)C)cc1OC. The summed E-state index contributed by atoms with van der Waals surface area (Å²) in [4.78, 5) is 21.0. The number of hydrogen-bond donors (Lipinski definition) is 3. The van der Waals surface area contributed by atoms with Gasteiger partial charge in [0.25, 0.3) is 0 Å². The van der Waals surface area contributed by atoms with Crippen molar-refractivity contribution in [2.45, 2.75) is 26.7 Å². The molecule has 0 atom stereocenters. The van der Waals surface area contributed by atoms with Crippen LogP contribution in [0, 0.1) is 0 Å². The summed E-state index contributed by atoms with van der Waals surface area (Å²) < 4.78 is 11.4. The molecule has 0 radical (unpaired) electrons. The maximum atomic E-state index is 11.8. The molecule has 0 bridgehead atoms. The minimum absolute atomic E-state index is 0.0558. The van der Waals surface area contributed by atoms with Crippen molar-refractivity contribution in [3.8, 4) is 17.2 Å². The maximum Gasteiger partial charge on any atom is 0.319 e. The second-order valence-corrected chi connectivity index (χ2v) is 5.88. The Morgan fingerprint density at radius 3 is 2.42 bits per heavy atom. The van der Waals surface area contributed by atoms with Gasteiger partial charge in [0.1, 0.15) is 11.5 Å². The Morgan fingerprint density at radius 2 is 1.92 bits per heavy atom. The fraction of sp³-hybridized carbons (Fsp3) is 0.353. The van der Waals surface area contributed by atoms with Gasteiger partial charge in [-0.25, -0.2) is 9.78 Å². The molecule has 0 unspecified atom stereocenters.